The second kappa shape index (κ2) is 11.5. The molecule has 3 saturated carbocycles. The third kappa shape index (κ3) is 4.90. The van der Waals surface area contributed by atoms with Crippen LogP contribution in [-0.4, -0.2) is 68.1 Å². The third-order valence-corrected chi connectivity index (χ3v) is 11.8. The van der Waals surface area contributed by atoms with Gasteiger partial charge in [0, 0.05) is 33.5 Å². The number of esters is 1. The summed E-state index contributed by atoms with van der Waals surface area (Å²) in [7, 11) is 0. The second-order valence-electron chi connectivity index (χ2n) is 14.9. The summed E-state index contributed by atoms with van der Waals surface area (Å²) >= 11 is 3.10. The molecule has 15 heteroatoms. The van der Waals surface area contributed by atoms with E-state index in [1.165, 1.54) is 0 Å². The smallest absolute Gasteiger partial charge is 0.343 e. The van der Waals surface area contributed by atoms with Crippen LogP contribution in [-0.2, 0) is 48.1 Å². The number of aliphatic hydroxyl groups is 1. The van der Waals surface area contributed by atoms with Gasteiger partial charge in [-0.05, 0) is 56.2 Å². The number of carbonyl (C=O) groups excluding carboxylic acids is 4. The molecule has 1 aromatic carbocycles. The van der Waals surface area contributed by atoms with Crippen LogP contribution in [0.1, 0.15) is 75.6 Å². The minimum Gasteiger partial charge on any atom is -0.458 e. The van der Waals surface area contributed by atoms with Crippen LogP contribution < -0.4 is 31.0 Å². The van der Waals surface area contributed by atoms with E-state index in [9.17, 15) is 29.1 Å². The molecule has 3 aliphatic carbocycles. The minimum atomic E-state index is -1.94. The van der Waals surface area contributed by atoms with E-state index >= 15 is 0 Å². The zero-order valence-electron chi connectivity index (χ0n) is 28.6. The van der Waals surface area contributed by atoms with Gasteiger partial charge < -0.3 is 39.8 Å². The highest BCUT2D eigenvalue weighted by Gasteiger charge is 2.70. The number of alkyl halides is 1. The summed E-state index contributed by atoms with van der Waals surface area (Å²) in [6.45, 7) is 7.05. The maximum atomic E-state index is 13.9. The molecule has 51 heavy (non-hydrogen) atoms. The van der Waals surface area contributed by atoms with Crippen LogP contribution in [0.5, 0.6) is 11.5 Å². The molecule has 0 unspecified atom stereocenters. The van der Waals surface area contributed by atoms with Crippen molar-refractivity contribution in [2.24, 2.45) is 5.92 Å². The molecule has 14 nitrogen and oxygen atoms in total. The molecule has 2 bridgehead atoms. The molecule has 3 atom stereocenters. The third-order valence-electron chi connectivity index (χ3n) is 11.3. The van der Waals surface area contributed by atoms with Crippen molar-refractivity contribution in [2.45, 2.75) is 95.2 Å². The summed E-state index contributed by atoms with van der Waals surface area (Å²) in [4.78, 5) is 70.1. The average Bonchev–Trinajstić information content (AvgIpc) is 3.68. The monoisotopic (exact) mass is 763 g/mol. The summed E-state index contributed by atoms with van der Waals surface area (Å²) in [5.41, 5.74) is 1.10. The second-order valence-corrected chi connectivity index (χ2v) is 15.4. The van der Waals surface area contributed by atoms with Gasteiger partial charge >= 0.3 is 5.97 Å². The van der Waals surface area contributed by atoms with Crippen LogP contribution in [0.15, 0.2) is 23.0 Å². The molecule has 0 spiro atoms. The van der Waals surface area contributed by atoms with E-state index in [4.69, 9.17) is 19.2 Å². The largest absolute Gasteiger partial charge is 0.458 e. The Balaban J connectivity index is 1.11. The highest BCUT2D eigenvalue weighted by atomic mass is 79.9. The lowest BCUT2D eigenvalue weighted by atomic mass is 9.37. The topological polar surface area (TPSA) is 187 Å². The number of carbonyl (C=O) groups is 4. The summed E-state index contributed by atoms with van der Waals surface area (Å²) in [5, 5.41) is 20.9. The number of halogens is 1. The van der Waals surface area contributed by atoms with Crippen molar-refractivity contribution in [1.82, 2.24) is 25.5 Å². The number of ether oxygens (including phenoxy) is 3. The van der Waals surface area contributed by atoms with Gasteiger partial charge in [0.2, 0.25) is 24.5 Å². The normalized spacial score (nSPS) is 25.8. The Morgan fingerprint density at radius 3 is 2.37 bits per heavy atom. The fourth-order valence-corrected chi connectivity index (χ4v) is 8.91. The summed E-state index contributed by atoms with van der Waals surface area (Å²) in [6.07, 6.45) is 1.96. The van der Waals surface area contributed by atoms with Crippen molar-refractivity contribution >= 4 is 50.5 Å². The highest BCUT2D eigenvalue weighted by Crippen LogP contribution is 2.70. The SMILES string of the molecule is CC[C@@]1(O)C(=O)OCc2c1cc1n(c2=O)Cc2c-1nc1cc3c(cc1c2C12CC(NC(=O)[C@H](C)NC(=O)[C@@H](NC(=O)CBr)C(C)C)(C1)C2)OCO3. The van der Waals surface area contributed by atoms with Crippen molar-refractivity contribution in [1.29, 1.82) is 0 Å². The van der Waals surface area contributed by atoms with Crippen LogP contribution in [0.25, 0.3) is 22.3 Å². The molecule has 5 heterocycles. The van der Waals surface area contributed by atoms with Gasteiger partial charge in [-0.3, -0.25) is 19.2 Å². The van der Waals surface area contributed by atoms with E-state index in [0.717, 1.165) is 16.5 Å². The zero-order valence-corrected chi connectivity index (χ0v) is 30.2. The molecule has 0 saturated heterocycles. The summed E-state index contributed by atoms with van der Waals surface area (Å²) < 4.78 is 18.3. The first kappa shape index (κ1) is 33.6. The summed E-state index contributed by atoms with van der Waals surface area (Å²) in [5.74, 6) is -0.869. The van der Waals surface area contributed by atoms with Crippen molar-refractivity contribution in [3.63, 3.8) is 0 Å². The maximum absolute atomic E-state index is 13.9. The van der Waals surface area contributed by atoms with Gasteiger partial charge in [0.1, 0.15) is 18.7 Å². The lowest BCUT2D eigenvalue weighted by Crippen LogP contribution is -2.77. The Labute approximate surface area is 300 Å². The van der Waals surface area contributed by atoms with Crippen LogP contribution in [0.4, 0.5) is 0 Å². The fraction of sp³-hybridized carbons (Fsp3) is 0.500. The molecule has 4 N–H and O–H groups in total. The molecule has 3 aliphatic heterocycles. The number of benzene rings is 1. The number of amides is 3. The number of nitrogens with zero attached hydrogens (tertiary/aromatic N) is 2. The quantitative estimate of drug-likeness (QED) is 0.145. The Morgan fingerprint density at radius 2 is 1.71 bits per heavy atom. The summed E-state index contributed by atoms with van der Waals surface area (Å²) in [6, 6.07) is 3.85. The molecule has 9 rings (SSSR count). The molecule has 3 aromatic rings. The molecular formula is C36H38BrN5O9. The van der Waals surface area contributed by atoms with Gasteiger partial charge in [0.15, 0.2) is 17.1 Å². The number of fused-ring (bicyclic) bond motifs is 6. The number of cyclic esters (lactones) is 1. The molecule has 3 amide bonds. The number of aromatic nitrogens is 2. The van der Waals surface area contributed by atoms with E-state index in [2.05, 4.69) is 31.9 Å². The van der Waals surface area contributed by atoms with Gasteiger partial charge in [-0.2, -0.15) is 0 Å². The number of pyridine rings is 2. The van der Waals surface area contributed by atoms with E-state index in [-0.39, 0.29) is 71.5 Å². The zero-order chi connectivity index (χ0) is 36.2. The molecular weight excluding hydrogens is 726 g/mol. The predicted molar refractivity (Wildman–Crippen MR) is 185 cm³/mol. The number of hydrogen-bond donors (Lipinski definition) is 4. The van der Waals surface area contributed by atoms with Crippen LogP contribution in [0, 0.1) is 5.92 Å². The van der Waals surface area contributed by atoms with Gasteiger partial charge in [0.05, 0.1) is 34.3 Å². The standard InChI is InChI=1S/C36H38BrN5O9/c1-5-36(48)21-7-23-29-19(10-42(23)32(46)20(21)11-49-33(36)47)27(18-6-24-25(51-15-50-24)8-22(18)39-29)34-12-35(13-34,14-34)41-30(44)17(4)38-31(45)28(16(2)3)40-26(43)9-37/h6-8,16-17,28,48H,5,9-15H2,1-4H3,(H,38,45)(H,40,43)(H,41,44)/t17-,28-,34?,35?,36-/m0/s1. The van der Waals surface area contributed by atoms with Crippen molar-refractivity contribution in [3.8, 4) is 22.9 Å². The number of rotatable bonds is 9. The van der Waals surface area contributed by atoms with E-state index in [0.29, 0.717) is 47.7 Å². The highest BCUT2D eigenvalue weighted by molar-refractivity contribution is 9.09. The number of hydrogen-bond acceptors (Lipinski definition) is 10. The Kier molecular flexibility index (Phi) is 7.59. The first-order valence-electron chi connectivity index (χ1n) is 17.1. The van der Waals surface area contributed by atoms with Crippen LogP contribution in [0.3, 0.4) is 0 Å². The number of nitrogens with one attached hydrogen (secondary N) is 3. The van der Waals surface area contributed by atoms with Crippen molar-refractivity contribution in [3.05, 3.63) is 50.8 Å². The maximum Gasteiger partial charge on any atom is 0.343 e. The predicted octanol–water partition coefficient (Wildman–Crippen LogP) is 2.14. The molecule has 6 aliphatic rings. The van der Waals surface area contributed by atoms with Gasteiger partial charge in [-0.1, -0.05) is 36.7 Å². The van der Waals surface area contributed by atoms with E-state index in [1.54, 1.807) is 24.5 Å². The lowest BCUT2D eigenvalue weighted by molar-refractivity contribution is -0.172. The first-order chi connectivity index (χ1) is 24.2. The molecule has 2 aromatic heterocycles. The van der Waals surface area contributed by atoms with Gasteiger partial charge in [0.25, 0.3) is 5.56 Å². The van der Waals surface area contributed by atoms with Crippen LogP contribution >= 0.6 is 15.9 Å². The molecule has 0 radical (unpaired) electrons. The first-order valence-corrected chi connectivity index (χ1v) is 18.3. The Hall–Kier alpha value is -4.50. The average molecular weight is 765 g/mol. The van der Waals surface area contributed by atoms with Crippen LogP contribution in [0.2, 0.25) is 0 Å². The molecule has 268 valence electrons. The minimum absolute atomic E-state index is 0.0414. The van der Waals surface area contributed by atoms with E-state index in [1.807, 2.05) is 26.0 Å². The fourth-order valence-electron chi connectivity index (χ4n) is 8.75. The van der Waals surface area contributed by atoms with Gasteiger partial charge in [-0.25, -0.2) is 9.78 Å². The van der Waals surface area contributed by atoms with Crippen molar-refractivity contribution in [2.75, 3.05) is 12.1 Å². The molecule has 3 fully saturated rings. The van der Waals surface area contributed by atoms with E-state index < -0.39 is 35.1 Å². The van der Waals surface area contributed by atoms with Gasteiger partial charge in [-0.15, -0.1) is 0 Å². The Morgan fingerprint density at radius 1 is 1.00 bits per heavy atom. The lowest BCUT2D eigenvalue weighted by Gasteiger charge is -2.71. The Bertz CT molecular complexity index is 2130. The van der Waals surface area contributed by atoms with Crippen molar-refractivity contribution < 1.29 is 38.5 Å².